The Kier molecular flexibility index (Phi) is 7.17. The number of benzene rings is 1. The molecular weight excluding hydrogens is 426 g/mol. The van der Waals surface area contributed by atoms with E-state index < -0.39 is 17.2 Å². The number of H-pyrrole nitrogens is 1. The van der Waals surface area contributed by atoms with Gasteiger partial charge >= 0.3 is 5.69 Å². The molecule has 2 amide bonds. The van der Waals surface area contributed by atoms with E-state index in [1.807, 2.05) is 13.8 Å². The molecule has 3 N–H and O–H groups in total. The number of carbonyl (C=O) groups excluding carboxylic acids is 2. The first-order chi connectivity index (χ1) is 15.7. The maximum absolute atomic E-state index is 13.4. The van der Waals surface area contributed by atoms with Crippen LogP contribution >= 0.6 is 0 Å². The number of amides is 2. The van der Waals surface area contributed by atoms with Crippen LogP contribution in [-0.2, 0) is 16.1 Å². The lowest BCUT2D eigenvalue weighted by molar-refractivity contribution is -0.118. The standard InChI is InChI=1S/C23H29N5O5/c1-14(2)12-28-20(24)19(21(30)25-23(28)32)26(10-7-11-33-4)18(29)13-27-15(3)16-8-5-6-9-17(16)22(27)31/h5-6,8-9,14H,3,7,10-13,24H2,1-2,4H3,(H,25,30,32). The molecule has 1 aliphatic rings. The van der Waals surface area contributed by atoms with Crippen LogP contribution < -0.4 is 21.9 Å². The van der Waals surface area contributed by atoms with Gasteiger partial charge < -0.3 is 15.4 Å². The molecule has 10 nitrogen and oxygen atoms in total. The highest BCUT2D eigenvalue weighted by atomic mass is 16.5. The SMILES string of the molecule is C=C1c2ccccc2C(=O)N1CC(=O)N(CCCOC)c1c(N)n(CC(C)C)c(=O)[nH]c1=O. The number of hydrogen-bond donors (Lipinski definition) is 2. The molecule has 0 atom stereocenters. The van der Waals surface area contributed by atoms with Crippen molar-refractivity contribution in [3.05, 3.63) is 62.8 Å². The monoisotopic (exact) mass is 455 g/mol. The number of ether oxygens (including phenoxy) is 1. The Morgan fingerprint density at radius 2 is 1.88 bits per heavy atom. The van der Waals surface area contributed by atoms with Crippen LogP contribution in [0.2, 0.25) is 0 Å². The summed E-state index contributed by atoms with van der Waals surface area (Å²) in [5.74, 6) is -0.892. The molecule has 33 heavy (non-hydrogen) atoms. The van der Waals surface area contributed by atoms with Crippen LogP contribution in [0.5, 0.6) is 0 Å². The average Bonchev–Trinajstić information content (AvgIpc) is 3.00. The van der Waals surface area contributed by atoms with Crippen molar-refractivity contribution in [3.63, 3.8) is 0 Å². The number of carbonyl (C=O) groups is 2. The number of aromatic nitrogens is 2. The maximum Gasteiger partial charge on any atom is 0.330 e. The summed E-state index contributed by atoms with van der Waals surface area (Å²) in [7, 11) is 1.53. The van der Waals surface area contributed by atoms with Gasteiger partial charge in [0.2, 0.25) is 5.91 Å². The van der Waals surface area contributed by atoms with Gasteiger partial charge in [-0.15, -0.1) is 0 Å². The van der Waals surface area contributed by atoms with Gasteiger partial charge in [0.15, 0.2) is 5.69 Å². The third-order valence-electron chi connectivity index (χ3n) is 5.40. The zero-order chi connectivity index (χ0) is 24.3. The van der Waals surface area contributed by atoms with E-state index in [2.05, 4.69) is 11.6 Å². The van der Waals surface area contributed by atoms with E-state index in [1.54, 1.807) is 24.3 Å². The number of anilines is 2. The number of nitrogens with zero attached hydrogens (tertiary/aromatic N) is 3. The fourth-order valence-corrected chi connectivity index (χ4v) is 3.84. The van der Waals surface area contributed by atoms with Gasteiger partial charge in [-0.3, -0.25) is 28.8 Å². The topological polar surface area (TPSA) is 131 Å². The molecule has 10 heteroatoms. The van der Waals surface area contributed by atoms with Crippen molar-refractivity contribution in [2.75, 3.05) is 37.4 Å². The Bertz CT molecular complexity index is 1160. The van der Waals surface area contributed by atoms with Gasteiger partial charge in [0.1, 0.15) is 12.4 Å². The lowest BCUT2D eigenvalue weighted by atomic mass is 10.1. The Labute approximate surface area is 191 Å². The fraction of sp³-hybridized carbons (Fsp3) is 0.391. The fourth-order valence-electron chi connectivity index (χ4n) is 3.84. The highest BCUT2D eigenvalue weighted by Crippen LogP contribution is 2.31. The summed E-state index contributed by atoms with van der Waals surface area (Å²) in [5.41, 5.74) is 6.23. The highest BCUT2D eigenvalue weighted by Gasteiger charge is 2.34. The molecule has 0 fully saturated rings. The van der Waals surface area contributed by atoms with Crippen molar-refractivity contribution in [1.82, 2.24) is 14.5 Å². The van der Waals surface area contributed by atoms with Crippen molar-refractivity contribution in [2.24, 2.45) is 5.92 Å². The largest absolute Gasteiger partial charge is 0.385 e. The summed E-state index contributed by atoms with van der Waals surface area (Å²) in [5, 5.41) is 0. The van der Waals surface area contributed by atoms with E-state index in [0.29, 0.717) is 29.9 Å². The minimum Gasteiger partial charge on any atom is -0.385 e. The second-order valence-corrected chi connectivity index (χ2v) is 8.27. The van der Waals surface area contributed by atoms with E-state index in [-0.39, 0.29) is 43.0 Å². The van der Waals surface area contributed by atoms with Gasteiger partial charge in [-0.2, -0.15) is 0 Å². The van der Waals surface area contributed by atoms with Gasteiger partial charge in [-0.1, -0.05) is 38.6 Å². The summed E-state index contributed by atoms with van der Waals surface area (Å²) in [4.78, 5) is 56.1. The maximum atomic E-state index is 13.4. The Balaban J connectivity index is 1.98. The van der Waals surface area contributed by atoms with E-state index in [9.17, 15) is 19.2 Å². The first kappa shape index (κ1) is 24.0. The summed E-state index contributed by atoms with van der Waals surface area (Å²) in [6.07, 6.45) is 0.416. The summed E-state index contributed by atoms with van der Waals surface area (Å²) in [6.45, 7) is 8.16. The average molecular weight is 456 g/mol. The summed E-state index contributed by atoms with van der Waals surface area (Å²) < 4.78 is 6.33. The van der Waals surface area contributed by atoms with Gasteiger partial charge in [0, 0.05) is 43.6 Å². The van der Waals surface area contributed by atoms with Crippen molar-refractivity contribution in [2.45, 2.75) is 26.8 Å². The normalized spacial score (nSPS) is 13.0. The van der Waals surface area contributed by atoms with Crippen molar-refractivity contribution < 1.29 is 14.3 Å². The molecule has 0 bridgehead atoms. The molecule has 0 saturated carbocycles. The molecule has 3 rings (SSSR count). The Morgan fingerprint density at radius 3 is 2.48 bits per heavy atom. The molecule has 2 heterocycles. The molecule has 0 spiro atoms. The van der Waals surface area contributed by atoms with E-state index in [1.165, 1.54) is 21.5 Å². The Hall–Kier alpha value is -3.66. The molecule has 1 aliphatic heterocycles. The summed E-state index contributed by atoms with van der Waals surface area (Å²) >= 11 is 0. The molecule has 0 saturated heterocycles. The van der Waals surface area contributed by atoms with Gasteiger partial charge in [-0.05, 0) is 18.4 Å². The molecule has 176 valence electrons. The van der Waals surface area contributed by atoms with Gasteiger partial charge in [0.25, 0.3) is 11.5 Å². The zero-order valence-corrected chi connectivity index (χ0v) is 19.1. The smallest absolute Gasteiger partial charge is 0.330 e. The van der Waals surface area contributed by atoms with Crippen molar-refractivity contribution in [3.8, 4) is 0 Å². The number of nitrogens with one attached hydrogen (secondary N) is 1. The highest BCUT2D eigenvalue weighted by molar-refractivity contribution is 6.11. The van der Waals surface area contributed by atoms with Crippen molar-refractivity contribution >= 4 is 29.0 Å². The van der Waals surface area contributed by atoms with Crippen molar-refractivity contribution in [1.29, 1.82) is 0 Å². The molecule has 0 unspecified atom stereocenters. The van der Waals surface area contributed by atoms with E-state index in [0.717, 1.165) is 0 Å². The van der Waals surface area contributed by atoms with Crippen LogP contribution in [0.25, 0.3) is 5.70 Å². The minimum absolute atomic E-state index is 0.0745. The quantitative estimate of drug-likeness (QED) is 0.548. The summed E-state index contributed by atoms with van der Waals surface area (Å²) in [6, 6.07) is 6.97. The lowest BCUT2D eigenvalue weighted by Gasteiger charge is -2.27. The third kappa shape index (κ3) is 4.75. The number of aromatic amines is 1. The van der Waals surface area contributed by atoms with Crippen LogP contribution in [0.4, 0.5) is 11.5 Å². The lowest BCUT2D eigenvalue weighted by Crippen LogP contribution is -2.45. The van der Waals surface area contributed by atoms with Crippen LogP contribution in [0, 0.1) is 5.92 Å². The molecule has 0 aliphatic carbocycles. The molecule has 0 radical (unpaired) electrons. The van der Waals surface area contributed by atoms with E-state index >= 15 is 0 Å². The predicted molar refractivity (Wildman–Crippen MR) is 126 cm³/mol. The number of methoxy groups -OCH3 is 1. The molecule has 1 aromatic heterocycles. The molecular formula is C23H29N5O5. The Morgan fingerprint density at radius 1 is 1.21 bits per heavy atom. The number of hydrogen-bond acceptors (Lipinski definition) is 6. The van der Waals surface area contributed by atoms with Gasteiger partial charge in [-0.25, -0.2) is 4.79 Å². The molecule has 1 aromatic carbocycles. The number of nitrogens with two attached hydrogens (primary N) is 1. The number of rotatable bonds is 9. The van der Waals surface area contributed by atoms with Crippen LogP contribution in [-0.4, -0.2) is 53.1 Å². The predicted octanol–water partition coefficient (Wildman–Crippen LogP) is 1.27. The first-order valence-corrected chi connectivity index (χ1v) is 10.7. The molecule has 2 aromatic rings. The third-order valence-corrected chi connectivity index (χ3v) is 5.40. The van der Waals surface area contributed by atoms with Gasteiger partial charge in [0.05, 0.1) is 0 Å². The van der Waals surface area contributed by atoms with Crippen LogP contribution in [0.15, 0.2) is 40.4 Å². The van der Waals surface area contributed by atoms with E-state index in [4.69, 9.17) is 10.5 Å². The number of fused-ring (bicyclic) bond motifs is 1. The second kappa shape index (κ2) is 9.86. The van der Waals surface area contributed by atoms with Crippen LogP contribution in [0.1, 0.15) is 36.2 Å². The minimum atomic E-state index is -0.766. The first-order valence-electron chi connectivity index (χ1n) is 10.7. The second-order valence-electron chi connectivity index (χ2n) is 8.27. The van der Waals surface area contributed by atoms with Crippen LogP contribution in [0.3, 0.4) is 0 Å². The zero-order valence-electron chi connectivity index (χ0n) is 19.1. The number of nitrogen functional groups attached to an aromatic ring is 1.